The van der Waals surface area contributed by atoms with Crippen LogP contribution in [0.2, 0.25) is 5.15 Å². The van der Waals surface area contributed by atoms with Crippen molar-refractivity contribution in [1.82, 2.24) is 19.7 Å². The maximum atomic E-state index is 13.5. The molecule has 0 bridgehead atoms. The summed E-state index contributed by atoms with van der Waals surface area (Å²) in [5.74, 6) is 5.46. The molecule has 2 aromatic heterocycles. The molecular formula is C17H9ClFN5. The van der Waals surface area contributed by atoms with E-state index in [0.29, 0.717) is 17.1 Å². The maximum Gasteiger partial charge on any atom is 0.205 e. The number of aromatic nitrogens is 4. The third kappa shape index (κ3) is 3.40. The molecule has 0 spiro atoms. The minimum absolute atomic E-state index is 0.164. The maximum absolute atomic E-state index is 13.5. The number of nitrogens with zero attached hydrogens (tertiary/aromatic N) is 5. The highest BCUT2D eigenvalue weighted by Gasteiger charge is 2.08. The van der Waals surface area contributed by atoms with Crippen molar-refractivity contribution in [2.24, 2.45) is 0 Å². The van der Waals surface area contributed by atoms with Gasteiger partial charge in [-0.3, -0.25) is 0 Å². The number of rotatable bonds is 1. The van der Waals surface area contributed by atoms with E-state index < -0.39 is 5.82 Å². The molecule has 7 heteroatoms. The molecule has 116 valence electrons. The zero-order valence-electron chi connectivity index (χ0n) is 12.5. The summed E-state index contributed by atoms with van der Waals surface area (Å²) in [4.78, 5) is 8.16. The van der Waals surface area contributed by atoms with E-state index in [0.717, 1.165) is 11.6 Å². The van der Waals surface area contributed by atoms with Gasteiger partial charge in [-0.05, 0) is 36.6 Å². The van der Waals surface area contributed by atoms with Crippen LogP contribution in [0, 0.1) is 35.9 Å². The Morgan fingerprint density at radius 2 is 1.92 bits per heavy atom. The second kappa shape index (κ2) is 6.49. The second-order valence-corrected chi connectivity index (χ2v) is 5.28. The van der Waals surface area contributed by atoms with Crippen LogP contribution in [0.3, 0.4) is 0 Å². The van der Waals surface area contributed by atoms with E-state index in [2.05, 4.69) is 26.9 Å². The van der Waals surface area contributed by atoms with E-state index in [1.807, 2.05) is 13.0 Å². The van der Waals surface area contributed by atoms with Crippen molar-refractivity contribution in [3.8, 4) is 23.6 Å². The van der Waals surface area contributed by atoms with Crippen LogP contribution in [-0.4, -0.2) is 19.7 Å². The molecule has 0 atom stereocenters. The minimum Gasteiger partial charge on any atom is -0.238 e. The predicted octanol–water partition coefficient (Wildman–Crippen LogP) is 3.03. The number of nitriles is 1. The molecule has 24 heavy (non-hydrogen) atoms. The molecule has 0 unspecified atom stereocenters. The Morgan fingerprint density at radius 3 is 2.62 bits per heavy atom. The van der Waals surface area contributed by atoms with Gasteiger partial charge in [0.1, 0.15) is 5.82 Å². The summed E-state index contributed by atoms with van der Waals surface area (Å²) in [5, 5.41) is 13.2. The topological polar surface area (TPSA) is 67.4 Å². The largest absolute Gasteiger partial charge is 0.238 e. The quantitative estimate of drug-likeness (QED) is 0.640. The molecule has 0 N–H and O–H groups in total. The summed E-state index contributed by atoms with van der Waals surface area (Å²) in [6.45, 7) is 1.88. The van der Waals surface area contributed by atoms with E-state index in [-0.39, 0.29) is 10.7 Å². The lowest BCUT2D eigenvalue weighted by Crippen LogP contribution is -1.96. The Morgan fingerprint density at radius 1 is 1.17 bits per heavy atom. The van der Waals surface area contributed by atoms with Crippen LogP contribution in [0.5, 0.6) is 0 Å². The van der Waals surface area contributed by atoms with Gasteiger partial charge >= 0.3 is 0 Å². The van der Waals surface area contributed by atoms with Crippen LogP contribution in [0.15, 0.2) is 36.8 Å². The lowest BCUT2D eigenvalue weighted by molar-refractivity contribution is 0.625. The van der Waals surface area contributed by atoms with Gasteiger partial charge in [-0.25, -0.2) is 19.0 Å². The molecule has 0 aliphatic heterocycles. The molecule has 1 aromatic carbocycles. The summed E-state index contributed by atoms with van der Waals surface area (Å²) in [6.07, 6.45) is 4.88. The van der Waals surface area contributed by atoms with Crippen LogP contribution in [0.1, 0.15) is 22.5 Å². The number of halogens is 2. The second-order valence-electron chi connectivity index (χ2n) is 4.92. The normalized spacial score (nSPS) is 9.92. The fourth-order valence-corrected chi connectivity index (χ4v) is 2.10. The van der Waals surface area contributed by atoms with Crippen LogP contribution < -0.4 is 0 Å². The van der Waals surface area contributed by atoms with E-state index in [1.165, 1.54) is 16.8 Å². The third-order valence-electron chi connectivity index (χ3n) is 3.04. The van der Waals surface area contributed by atoms with E-state index >= 15 is 0 Å². The number of benzene rings is 1. The summed E-state index contributed by atoms with van der Waals surface area (Å²) in [7, 11) is 0. The molecule has 0 aliphatic carbocycles. The van der Waals surface area contributed by atoms with Crippen molar-refractivity contribution in [1.29, 1.82) is 5.26 Å². The molecule has 0 fully saturated rings. The molecule has 0 saturated heterocycles. The first-order valence-electron chi connectivity index (χ1n) is 6.82. The zero-order chi connectivity index (χ0) is 17.1. The molecular weight excluding hydrogens is 329 g/mol. The van der Waals surface area contributed by atoms with Gasteiger partial charge in [0.2, 0.25) is 5.82 Å². The SMILES string of the molecule is Cc1cnc(C#Cc2cn(-c3cc(F)cc(C#N)c3)nc2Cl)nc1. The van der Waals surface area contributed by atoms with Crippen LogP contribution in [-0.2, 0) is 0 Å². The smallest absolute Gasteiger partial charge is 0.205 e. The molecule has 0 aliphatic rings. The van der Waals surface area contributed by atoms with E-state index in [4.69, 9.17) is 16.9 Å². The number of hydrogen-bond acceptors (Lipinski definition) is 4. The first-order valence-corrected chi connectivity index (χ1v) is 7.20. The first kappa shape index (κ1) is 15.7. The Balaban J connectivity index is 1.96. The Kier molecular flexibility index (Phi) is 4.24. The van der Waals surface area contributed by atoms with E-state index in [9.17, 15) is 4.39 Å². The van der Waals surface area contributed by atoms with Crippen LogP contribution in [0.4, 0.5) is 4.39 Å². The zero-order valence-corrected chi connectivity index (χ0v) is 13.2. The van der Waals surface area contributed by atoms with Gasteiger partial charge in [-0.2, -0.15) is 10.4 Å². The van der Waals surface area contributed by atoms with Gasteiger partial charge in [-0.1, -0.05) is 17.5 Å². The van der Waals surface area contributed by atoms with E-state index in [1.54, 1.807) is 18.6 Å². The molecule has 3 rings (SSSR count). The van der Waals surface area contributed by atoms with Crippen molar-refractivity contribution in [2.75, 3.05) is 0 Å². The van der Waals surface area contributed by atoms with Gasteiger partial charge < -0.3 is 0 Å². The summed E-state index contributed by atoms with van der Waals surface area (Å²) >= 11 is 6.07. The molecule has 0 saturated carbocycles. The van der Waals surface area contributed by atoms with Crippen molar-refractivity contribution < 1.29 is 4.39 Å². The van der Waals surface area contributed by atoms with Gasteiger partial charge in [0.25, 0.3) is 0 Å². The standard InChI is InChI=1S/C17H9ClFN5/c1-11-8-21-16(22-9-11)3-2-13-10-24(23-17(13)18)15-5-12(7-20)4-14(19)6-15/h4-6,8-10H,1H3. The number of hydrogen-bond donors (Lipinski definition) is 0. The Hall–Kier alpha value is -3.22. The highest BCUT2D eigenvalue weighted by atomic mass is 35.5. The lowest BCUT2D eigenvalue weighted by atomic mass is 10.2. The summed E-state index contributed by atoms with van der Waals surface area (Å²) in [6, 6.07) is 5.80. The van der Waals surface area contributed by atoms with Crippen molar-refractivity contribution in [3.63, 3.8) is 0 Å². The highest BCUT2D eigenvalue weighted by molar-refractivity contribution is 6.30. The number of aryl methyl sites for hydroxylation is 1. The first-order chi connectivity index (χ1) is 11.5. The highest BCUT2D eigenvalue weighted by Crippen LogP contribution is 2.18. The van der Waals surface area contributed by atoms with Gasteiger partial charge in [0.15, 0.2) is 5.15 Å². The fourth-order valence-electron chi connectivity index (χ4n) is 1.92. The lowest BCUT2D eigenvalue weighted by Gasteiger charge is -2.01. The minimum atomic E-state index is -0.531. The third-order valence-corrected chi connectivity index (χ3v) is 3.31. The molecule has 2 heterocycles. The summed E-state index contributed by atoms with van der Waals surface area (Å²) in [5.41, 5.74) is 1.96. The molecule has 3 aromatic rings. The Labute approximate surface area is 142 Å². The van der Waals surface area contributed by atoms with Crippen molar-refractivity contribution in [3.05, 3.63) is 70.3 Å². The van der Waals surface area contributed by atoms with Crippen molar-refractivity contribution >= 4 is 11.6 Å². The van der Waals surface area contributed by atoms with Crippen LogP contribution in [0.25, 0.3) is 5.69 Å². The van der Waals surface area contributed by atoms with Gasteiger partial charge in [0.05, 0.1) is 22.9 Å². The molecule has 0 radical (unpaired) electrons. The average Bonchev–Trinajstić information content (AvgIpc) is 2.95. The molecule has 5 nitrogen and oxygen atoms in total. The molecule has 0 amide bonds. The Bertz CT molecular complexity index is 1010. The fraction of sp³-hybridized carbons (Fsp3) is 0.0588. The average molecular weight is 338 g/mol. The van der Waals surface area contributed by atoms with Gasteiger partial charge in [0, 0.05) is 18.6 Å². The van der Waals surface area contributed by atoms with Gasteiger partial charge in [-0.15, -0.1) is 0 Å². The van der Waals surface area contributed by atoms with Crippen molar-refractivity contribution in [2.45, 2.75) is 6.92 Å². The van der Waals surface area contributed by atoms with Crippen LogP contribution >= 0.6 is 11.6 Å². The monoisotopic (exact) mass is 337 g/mol. The predicted molar refractivity (Wildman–Crippen MR) is 86.0 cm³/mol. The summed E-state index contributed by atoms with van der Waals surface area (Å²) < 4.78 is 14.9.